The van der Waals surface area contributed by atoms with Crippen molar-refractivity contribution in [2.45, 2.75) is 26.0 Å². The summed E-state index contributed by atoms with van der Waals surface area (Å²) in [7, 11) is 0. The Morgan fingerprint density at radius 3 is 2.78 bits per heavy atom. The van der Waals surface area contributed by atoms with Crippen LogP contribution in [0.2, 0.25) is 0 Å². The molecule has 1 fully saturated rings. The summed E-state index contributed by atoms with van der Waals surface area (Å²) in [4.78, 5) is 11.5. The lowest BCUT2D eigenvalue weighted by Crippen LogP contribution is -2.38. The SMILES string of the molecule is CC1(CO)CN=C(Nc2cc(F)c(Oc3ccnc4[nH]cc(C5=NNC(C6CC6)O5)c34)c(F)c2)OC1. The molecule has 2 aromatic heterocycles. The normalized spacial score (nSPS) is 23.4. The van der Waals surface area contributed by atoms with Crippen molar-refractivity contribution in [1.82, 2.24) is 15.4 Å². The molecule has 10 nitrogen and oxygen atoms in total. The summed E-state index contributed by atoms with van der Waals surface area (Å²) in [5.74, 6) is -1.42. The lowest BCUT2D eigenvalue weighted by Gasteiger charge is -2.30. The first-order valence-electron chi connectivity index (χ1n) is 11.6. The summed E-state index contributed by atoms with van der Waals surface area (Å²) in [6.45, 7) is 2.30. The second kappa shape index (κ2) is 8.63. The number of amidine groups is 1. The van der Waals surface area contributed by atoms with Gasteiger partial charge >= 0.3 is 0 Å². The van der Waals surface area contributed by atoms with Gasteiger partial charge in [-0.1, -0.05) is 6.92 Å². The average molecular weight is 498 g/mol. The molecule has 2 atom stereocenters. The number of aliphatic hydroxyl groups is 1. The molecule has 3 aromatic rings. The van der Waals surface area contributed by atoms with E-state index in [1.807, 2.05) is 6.92 Å². The molecule has 36 heavy (non-hydrogen) atoms. The molecule has 1 saturated carbocycles. The Hall–Kier alpha value is -3.93. The van der Waals surface area contributed by atoms with E-state index in [9.17, 15) is 5.11 Å². The maximum atomic E-state index is 15.0. The number of ether oxygens (including phenoxy) is 3. The zero-order valence-electron chi connectivity index (χ0n) is 19.3. The van der Waals surface area contributed by atoms with E-state index in [1.54, 1.807) is 6.20 Å². The summed E-state index contributed by atoms with van der Waals surface area (Å²) in [5.41, 5.74) is 3.64. The fourth-order valence-electron chi connectivity index (χ4n) is 4.03. The first-order chi connectivity index (χ1) is 17.4. The predicted octanol–water partition coefficient (Wildman–Crippen LogP) is 3.45. The van der Waals surface area contributed by atoms with E-state index < -0.39 is 22.8 Å². The second-order valence-corrected chi connectivity index (χ2v) is 9.53. The van der Waals surface area contributed by atoms with Crippen LogP contribution in [0, 0.1) is 23.0 Å². The smallest absolute Gasteiger partial charge is 0.289 e. The number of nitrogens with zero attached hydrogens (tertiary/aromatic N) is 3. The molecule has 0 radical (unpaired) electrons. The predicted molar refractivity (Wildman–Crippen MR) is 127 cm³/mol. The number of hydrogen-bond donors (Lipinski definition) is 4. The Kier molecular flexibility index (Phi) is 5.40. The molecule has 3 aliphatic rings. The van der Waals surface area contributed by atoms with E-state index in [1.165, 1.54) is 12.3 Å². The van der Waals surface area contributed by atoms with E-state index in [0.717, 1.165) is 25.0 Å². The minimum absolute atomic E-state index is 0.0821. The van der Waals surface area contributed by atoms with Gasteiger partial charge < -0.3 is 29.6 Å². The van der Waals surface area contributed by atoms with Gasteiger partial charge in [0, 0.05) is 41.5 Å². The number of aliphatic hydroxyl groups excluding tert-OH is 1. The number of pyridine rings is 1. The molecule has 0 amide bonds. The van der Waals surface area contributed by atoms with Crippen molar-refractivity contribution in [3.8, 4) is 11.5 Å². The standard InChI is InChI=1S/C24H24F2N6O4/c1-24(10-33)9-29-23(34-11-24)30-13-6-15(25)19(16(26)7-13)35-17-4-5-27-20-18(17)14(8-28-20)22-32-31-21(36-22)12-2-3-12/h4-8,12,21,31,33H,2-3,9-11H2,1H3,(H,27,28)(H,29,30). The molecule has 6 rings (SSSR count). The molecule has 2 aliphatic heterocycles. The number of anilines is 1. The van der Waals surface area contributed by atoms with Gasteiger partial charge in [0.2, 0.25) is 5.90 Å². The summed E-state index contributed by atoms with van der Waals surface area (Å²) in [5, 5.41) is 17.0. The zero-order chi connectivity index (χ0) is 24.9. The van der Waals surface area contributed by atoms with E-state index in [2.05, 4.69) is 30.8 Å². The van der Waals surface area contributed by atoms with E-state index >= 15 is 8.78 Å². The fraction of sp³-hybridized carbons (Fsp3) is 0.375. The highest BCUT2D eigenvalue weighted by Gasteiger charge is 2.37. The van der Waals surface area contributed by atoms with Crippen molar-refractivity contribution in [1.29, 1.82) is 0 Å². The van der Waals surface area contributed by atoms with Crippen LogP contribution in [0.25, 0.3) is 11.0 Å². The van der Waals surface area contributed by atoms with Crippen LogP contribution in [0.5, 0.6) is 11.5 Å². The van der Waals surface area contributed by atoms with Gasteiger partial charge in [-0.05, 0) is 18.9 Å². The number of H-pyrrole nitrogens is 1. The number of aromatic nitrogens is 2. The topological polar surface area (TPSA) is 125 Å². The molecule has 0 bridgehead atoms. The molecule has 1 aliphatic carbocycles. The third kappa shape index (κ3) is 4.17. The highest BCUT2D eigenvalue weighted by molar-refractivity contribution is 6.08. The van der Waals surface area contributed by atoms with Gasteiger partial charge in [0.1, 0.15) is 18.0 Å². The first-order valence-corrected chi connectivity index (χ1v) is 11.6. The van der Waals surface area contributed by atoms with Crippen molar-refractivity contribution in [3.63, 3.8) is 0 Å². The van der Waals surface area contributed by atoms with Gasteiger partial charge in [0.05, 0.1) is 24.1 Å². The van der Waals surface area contributed by atoms with Crippen LogP contribution in [0.4, 0.5) is 14.5 Å². The minimum atomic E-state index is -0.916. The Balaban J connectivity index is 1.25. The Morgan fingerprint density at radius 2 is 2.08 bits per heavy atom. The first kappa shape index (κ1) is 22.5. The fourth-order valence-corrected chi connectivity index (χ4v) is 4.03. The van der Waals surface area contributed by atoms with E-state index in [0.29, 0.717) is 35.0 Å². The van der Waals surface area contributed by atoms with Gasteiger partial charge in [-0.3, -0.25) is 5.43 Å². The second-order valence-electron chi connectivity index (χ2n) is 9.53. The Bertz CT molecular complexity index is 1370. The highest BCUT2D eigenvalue weighted by atomic mass is 19.1. The number of nitrogens with one attached hydrogen (secondary N) is 3. The monoisotopic (exact) mass is 498 g/mol. The lowest BCUT2D eigenvalue weighted by atomic mass is 9.93. The van der Waals surface area contributed by atoms with Crippen LogP contribution in [-0.4, -0.2) is 53.0 Å². The molecule has 0 saturated heterocycles. The van der Waals surface area contributed by atoms with Crippen molar-refractivity contribution in [2.75, 3.05) is 25.1 Å². The maximum Gasteiger partial charge on any atom is 0.289 e. The molecular formula is C24H24F2N6O4. The molecule has 0 spiro atoms. The van der Waals surface area contributed by atoms with Gasteiger partial charge in [-0.2, -0.15) is 0 Å². The number of aromatic amines is 1. The maximum absolute atomic E-state index is 15.0. The molecule has 1 aromatic carbocycles. The van der Waals surface area contributed by atoms with Gasteiger partial charge in [-0.15, -0.1) is 5.10 Å². The number of halogens is 2. The third-order valence-electron chi connectivity index (χ3n) is 6.35. The summed E-state index contributed by atoms with van der Waals surface area (Å²) >= 11 is 0. The van der Waals surface area contributed by atoms with Crippen LogP contribution in [-0.2, 0) is 9.47 Å². The van der Waals surface area contributed by atoms with Crippen LogP contribution >= 0.6 is 0 Å². The summed E-state index contributed by atoms with van der Waals surface area (Å²) < 4.78 is 47.2. The number of benzene rings is 1. The molecule has 188 valence electrons. The number of rotatable bonds is 6. The lowest BCUT2D eigenvalue weighted by molar-refractivity contribution is 0.0706. The quantitative estimate of drug-likeness (QED) is 0.410. The van der Waals surface area contributed by atoms with E-state index in [-0.39, 0.29) is 36.9 Å². The Morgan fingerprint density at radius 1 is 1.28 bits per heavy atom. The van der Waals surface area contributed by atoms with Crippen molar-refractivity contribution in [2.24, 2.45) is 21.4 Å². The van der Waals surface area contributed by atoms with Crippen molar-refractivity contribution in [3.05, 3.63) is 47.8 Å². The van der Waals surface area contributed by atoms with Crippen LogP contribution < -0.4 is 15.5 Å². The zero-order valence-corrected chi connectivity index (χ0v) is 19.3. The number of hydrogen-bond acceptors (Lipinski definition) is 9. The van der Waals surface area contributed by atoms with Crippen LogP contribution in [0.3, 0.4) is 0 Å². The Labute approximate surface area is 204 Å². The van der Waals surface area contributed by atoms with Crippen molar-refractivity contribution >= 4 is 28.6 Å². The average Bonchev–Trinajstić information content (AvgIpc) is 3.44. The molecule has 12 heteroatoms. The highest BCUT2D eigenvalue weighted by Crippen LogP contribution is 2.38. The van der Waals surface area contributed by atoms with Crippen LogP contribution in [0.1, 0.15) is 25.3 Å². The molecular weight excluding hydrogens is 474 g/mol. The summed E-state index contributed by atoms with van der Waals surface area (Å²) in [6, 6.07) is 3.83. The van der Waals surface area contributed by atoms with Gasteiger partial charge in [-0.25, -0.2) is 18.8 Å². The molecule has 2 unspecified atom stereocenters. The third-order valence-corrected chi connectivity index (χ3v) is 6.35. The molecule has 4 N–H and O–H groups in total. The minimum Gasteiger partial charge on any atom is -0.464 e. The van der Waals surface area contributed by atoms with Gasteiger partial charge in [0.15, 0.2) is 23.6 Å². The van der Waals surface area contributed by atoms with E-state index in [4.69, 9.17) is 14.2 Å². The summed E-state index contributed by atoms with van der Waals surface area (Å²) in [6.07, 6.45) is 5.12. The van der Waals surface area contributed by atoms with Crippen molar-refractivity contribution < 1.29 is 28.1 Å². The van der Waals surface area contributed by atoms with Crippen LogP contribution in [0.15, 0.2) is 40.7 Å². The van der Waals surface area contributed by atoms with Gasteiger partial charge in [0.25, 0.3) is 6.02 Å². The number of fused-ring (bicyclic) bond motifs is 1. The largest absolute Gasteiger partial charge is 0.464 e. The number of aliphatic imine (C=N–C) groups is 1. The number of hydrazone groups is 1. The molecule has 4 heterocycles.